The number of hydrogen-bond acceptors (Lipinski definition) is 3. The van der Waals surface area contributed by atoms with Crippen molar-refractivity contribution in [3.05, 3.63) is 181 Å². The molecule has 4 aliphatic carbocycles. The summed E-state index contributed by atoms with van der Waals surface area (Å²) >= 11 is 1.86. The van der Waals surface area contributed by atoms with Crippen molar-refractivity contribution in [2.75, 3.05) is 9.80 Å². The lowest BCUT2D eigenvalue weighted by molar-refractivity contribution is -0.175. The van der Waals surface area contributed by atoms with Crippen molar-refractivity contribution in [3.8, 4) is 11.1 Å². The molecule has 1 aromatic heterocycles. The van der Waals surface area contributed by atoms with Crippen LogP contribution in [-0.4, -0.2) is 0 Å². The molecule has 0 radical (unpaired) electrons. The standard InChI is InChI=1S/C52H42N2S/c1-3-9-41(10-4-1)53(45-25-19-37(20-26-45)51-32-39-29-38-30-40(33-51)52(38,39)34-51)43-21-15-35(16-22-43)36-17-23-44(24-18-36)54(42-11-5-2-6-12-42)46-27-28-48-47-13-7-8-14-49(47)55-50(48)31-46/h1-28,31,38-40H,29-30,32-34H2. The molecule has 1 heterocycles. The molecule has 0 N–H and O–H groups in total. The minimum atomic E-state index is 0.429. The Labute approximate surface area is 327 Å². The minimum Gasteiger partial charge on any atom is -0.311 e. The number of benzene rings is 7. The number of rotatable bonds is 8. The average molecular weight is 727 g/mol. The molecule has 4 aliphatic rings. The highest BCUT2D eigenvalue weighted by Crippen LogP contribution is 2.84. The first-order valence-electron chi connectivity index (χ1n) is 20.1. The molecule has 2 bridgehead atoms. The summed E-state index contributed by atoms with van der Waals surface area (Å²) in [6.45, 7) is 0. The van der Waals surface area contributed by atoms with Gasteiger partial charge in [0.05, 0.1) is 0 Å². The van der Waals surface area contributed by atoms with Crippen LogP contribution in [-0.2, 0) is 5.41 Å². The van der Waals surface area contributed by atoms with Gasteiger partial charge in [-0.3, -0.25) is 0 Å². The Kier molecular flexibility index (Phi) is 6.87. The van der Waals surface area contributed by atoms with Crippen LogP contribution < -0.4 is 9.80 Å². The van der Waals surface area contributed by atoms with Gasteiger partial charge >= 0.3 is 0 Å². The SMILES string of the molecule is c1ccc(N(c2ccc(-c3ccc(N(c4ccccc4)c4ccc5c(c4)sc4ccccc45)cc3)cc2)c2ccc(C34CC5CC6CC(C3)C65C4)cc2)cc1. The summed E-state index contributed by atoms with van der Waals surface area (Å²) in [7, 11) is 0. The summed E-state index contributed by atoms with van der Waals surface area (Å²) < 4.78 is 2.63. The highest BCUT2D eigenvalue weighted by atomic mass is 32.1. The maximum absolute atomic E-state index is 2.47. The second-order valence-corrected chi connectivity index (χ2v) is 17.9. The molecular formula is C52H42N2S. The van der Waals surface area contributed by atoms with Gasteiger partial charge in [0.2, 0.25) is 0 Å². The summed E-state index contributed by atoms with van der Waals surface area (Å²) in [5.41, 5.74) is 12.2. The summed E-state index contributed by atoms with van der Waals surface area (Å²) in [4.78, 5) is 4.77. The second kappa shape index (κ2) is 11.9. The van der Waals surface area contributed by atoms with E-state index in [0.29, 0.717) is 5.41 Å². The predicted octanol–water partition coefficient (Wildman–Crippen LogP) is 14.7. The van der Waals surface area contributed by atoms with E-state index in [4.69, 9.17) is 0 Å². The maximum Gasteiger partial charge on any atom is 0.0476 e. The molecule has 266 valence electrons. The molecule has 4 saturated carbocycles. The zero-order chi connectivity index (χ0) is 36.1. The Morgan fingerprint density at radius 3 is 1.45 bits per heavy atom. The van der Waals surface area contributed by atoms with Crippen molar-refractivity contribution in [2.24, 2.45) is 23.2 Å². The van der Waals surface area contributed by atoms with Crippen LogP contribution in [0.1, 0.15) is 37.7 Å². The van der Waals surface area contributed by atoms with Crippen molar-refractivity contribution in [1.82, 2.24) is 0 Å². The van der Waals surface area contributed by atoms with Crippen LogP contribution in [0.25, 0.3) is 31.3 Å². The van der Waals surface area contributed by atoms with E-state index in [1.165, 1.54) is 80.5 Å². The lowest BCUT2D eigenvalue weighted by atomic mass is 9.38. The van der Waals surface area contributed by atoms with Gasteiger partial charge in [0.15, 0.2) is 0 Å². The maximum atomic E-state index is 2.47. The molecule has 8 aromatic rings. The first-order valence-corrected chi connectivity index (χ1v) is 20.9. The third-order valence-electron chi connectivity index (χ3n) is 14.3. The Bertz CT molecular complexity index is 2680. The van der Waals surface area contributed by atoms with Gasteiger partial charge in [-0.2, -0.15) is 0 Å². The number of fused-ring (bicyclic) bond motifs is 4. The monoisotopic (exact) mass is 726 g/mol. The van der Waals surface area contributed by atoms with Crippen molar-refractivity contribution in [1.29, 1.82) is 0 Å². The van der Waals surface area contributed by atoms with E-state index >= 15 is 0 Å². The van der Waals surface area contributed by atoms with Crippen LogP contribution in [0.2, 0.25) is 0 Å². The lowest BCUT2D eigenvalue weighted by Crippen LogP contribution is -2.59. The smallest absolute Gasteiger partial charge is 0.0476 e. The number of hydrogen-bond donors (Lipinski definition) is 0. The van der Waals surface area contributed by atoms with E-state index in [2.05, 4.69) is 186 Å². The first kappa shape index (κ1) is 31.7. The fraction of sp³-hybridized carbons (Fsp3) is 0.192. The highest BCUT2D eigenvalue weighted by Gasteiger charge is 2.77. The molecule has 0 aliphatic heterocycles. The van der Waals surface area contributed by atoms with Crippen LogP contribution in [0.3, 0.4) is 0 Å². The van der Waals surface area contributed by atoms with E-state index in [1.54, 1.807) is 5.56 Å². The van der Waals surface area contributed by atoms with Crippen molar-refractivity contribution in [2.45, 2.75) is 37.5 Å². The fourth-order valence-corrected chi connectivity index (χ4v) is 13.0. The lowest BCUT2D eigenvalue weighted by Gasteiger charge is -2.66. The van der Waals surface area contributed by atoms with Crippen LogP contribution in [0.5, 0.6) is 0 Å². The normalized spacial score (nSPS) is 24.3. The van der Waals surface area contributed by atoms with E-state index in [-0.39, 0.29) is 0 Å². The van der Waals surface area contributed by atoms with E-state index in [9.17, 15) is 0 Å². The van der Waals surface area contributed by atoms with Gasteiger partial charge in [0.1, 0.15) is 0 Å². The number of anilines is 6. The van der Waals surface area contributed by atoms with Crippen LogP contribution in [0.15, 0.2) is 176 Å². The molecule has 1 spiro atoms. The van der Waals surface area contributed by atoms with Crippen LogP contribution in [0.4, 0.5) is 34.1 Å². The van der Waals surface area contributed by atoms with E-state index in [0.717, 1.165) is 40.2 Å². The first-order chi connectivity index (χ1) is 27.1. The highest BCUT2D eigenvalue weighted by molar-refractivity contribution is 7.25. The second-order valence-electron chi connectivity index (χ2n) is 16.8. The molecule has 4 fully saturated rings. The Balaban J connectivity index is 0.845. The quantitative estimate of drug-likeness (QED) is 0.154. The predicted molar refractivity (Wildman–Crippen MR) is 232 cm³/mol. The Morgan fingerprint density at radius 1 is 0.418 bits per heavy atom. The third kappa shape index (κ3) is 4.72. The molecule has 0 amide bonds. The topological polar surface area (TPSA) is 6.48 Å². The summed E-state index contributed by atoms with van der Waals surface area (Å²) in [5.74, 6) is 3.06. The fourth-order valence-electron chi connectivity index (χ4n) is 11.9. The molecule has 2 unspecified atom stereocenters. The zero-order valence-electron chi connectivity index (χ0n) is 30.8. The van der Waals surface area contributed by atoms with Crippen molar-refractivity contribution < 1.29 is 0 Å². The van der Waals surface area contributed by atoms with Gasteiger partial charge in [-0.25, -0.2) is 0 Å². The summed E-state index contributed by atoms with van der Waals surface area (Å²) in [6.07, 6.45) is 7.33. The molecule has 7 aromatic carbocycles. The van der Waals surface area contributed by atoms with E-state index < -0.39 is 0 Å². The van der Waals surface area contributed by atoms with Gasteiger partial charge < -0.3 is 9.80 Å². The zero-order valence-corrected chi connectivity index (χ0v) is 31.6. The van der Waals surface area contributed by atoms with Gasteiger partial charge in [-0.05, 0) is 156 Å². The average Bonchev–Trinajstić information content (AvgIpc) is 3.88. The molecule has 2 atom stereocenters. The van der Waals surface area contributed by atoms with Crippen LogP contribution in [0, 0.1) is 23.2 Å². The van der Waals surface area contributed by atoms with Crippen molar-refractivity contribution >= 4 is 65.6 Å². The summed E-state index contributed by atoms with van der Waals surface area (Å²) in [6, 6.07) is 65.0. The molecule has 12 rings (SSSR count). The molecule has 55 heavy (non-hydrogen) atoms. The van der Waals surface area contributed by atoms with Crippen LogP contribution >= 0.6 is 11.3 Å². The number of thiophene rings is 1. The van der Waals surface area contributed by atoms with Gasteiger partial charge in [-0.15, -0.1) is 11.3 Å². The molecule has 0 saturated heterocycles. The number of nitrogens with zero attached hydrogens (tertiary/aromatic N) is 2. The minimum absolute atomic E-state index is 0.429. The van der Waals surface area contributed by atoms with Gasteiger partial charge in [0, 0.05) is 54.3 Å². The Hall–Kier alpha value is -5.64. The molecule has 2 nitrogen and oxygen atoms in total. The third-order valence-corrected chi connectivity index (χ3v) is 15.4. The van der Waals surface area contributed by atoms with Gasteiger partial charge in [-0.1, -0.05) is 97.1 Å². The summed E-state index contributed by atoms with van der Waals surface area (Å²) in [5, 5.41) is 2.64. The van der Waals surface area contributed by atoms with Crippen molar-refractivity contribution in [3.63, 3.8) is 0 Å². The Morgan fingerprint density at radius 2 is 0.891 bits per heavy atom. The number of para-hydroxylation sites is 2. The molecule has 3 heteroatoms. The largest absolute Gasteiger partial charge is 0.311 e. The van der Waals surface area contributed by atoms with Gasteiger partial charge in [0.25, 0.3) is 0 Å². The molecular weight excluding hydrogens is 685 g/mol. The van der Waals surface area contributed by atoms with E-state index in [1.807, 2.05) is 11.3 Å².